The summed E-state index contributed by atoms with van der Waals surface area (Å²) in [5.74, 6) is 0.577. The monoisotopic (exact) mass is 462 g/mol. The molecular formula is C25H26N4O3S. The van der Waals surface area contributed by atoms with Crippen LogP contribution in [0.25, 0.3) is 10.2 Å². The molecule has 4 heterocycles. The predicted molar refractivity (Wildman–Crippen MR) is 129 cm³/mol. The first kappa shape index (κ1) is 20.5. The van der Waals surface area contributed by atoms with Crippen molar-refractivity contribution in [2.75, 3.05) is 36.0 Å². The number of nitrogens with zero attached hydrogens (tertiary/aromatic N) is 3. The first-order valence-corrected chi connectivity index (χ1v) is 12.2. The van der Waals surface area contributed by atoms with Gasteiger partial charge in [0.15, 0.2) is 5.13 Å². The Morgan fingerprint density at radius 1 is 1.18 bits per heavy atom. The smallest absolute Gasteiger partial charge is 0.414 e. The summed E-state index contributed by atoms with van der Waals surface area (Å²) in [6.45, 7) is 4.29. The van der Waals surface area contributed by atoms with Gasteiger partial charge in [-0.2, -0.15) is 0 Å². The zero-order chi connectivity index (χ0) is 22.6. The molecular weight excluding hydrogens is 436 g/mol. The maximum Gasteiger partial charge on any atom is 0.414 e. The summed E-state index contributed by atoms with van der Waals surface area (Å²) in [6.07, 6.45) is 1.73. The number of fused-ring (bicyclic) bond motifs is 3. The van der Waals surface area contributed by atoms with Crippen LogP contribution < -0.4 is 15.1 Å². The van der Waals surface area contributed by atoms with Crippen LogP contribution in [0.1, 0.15) is 25.3 Å². The van der Waals surface area contributed by atoms with Gasteiger partial charge in [-0.1, -0.05) is 35.6 Å². The first-order valence-electron chi connectivity index (χ1n) is 11.4. The number of nitrogens with one attached hydrogen (secondary N) is 1. The zero-order valence-electron chi connectivity index (χ0n) is 18.5. The van der Waals surface area contributed by atoms with Crippen LogP contribution in [0.15, 0.2) is 48.5 Å². The molecule has 2 amide bonds. The average Bonchev–Trinajstić information content (AvgIpc) is 3.41. The topological polar surface area (TPSA) is 74.8 Å². The molecule has 1 aliphatic carbocycles. The SMILES string of the molecule is CC(=O)NCC1CN(c2ccc(C34CC(CN(c5nc6ccccc6s5)C3)C4)cc2)C(=O)O1. The highest BCUT2D eigenvalue weighted by molar-refractivity contribution is 7.22. The molecule has 4 aliphatic rings. The van der Waals surface area contributed by atoms with Gasteiger partial charge >= 0.3 is 6.09 Å². The molecule has 0 spiro atoms. The summed E-state index contributed by atoms with van der Waals surface area (Å²) in [5.41, 5.74) is 3.39. The van der Waals surface area contributed by atoms with Crippen molar-refractivity contribution in [2.24, 2.45) is 5.92 Å². The van der Waals surface area contributed by atoms with Gasteiger partial charge in [-0.25, -0.2) is 9.78 Å². The zero-order valence-corrected chi connectivity index (χ0v) is 19.3. The minimum atomic E-state index is -0.361. The van der Waals surface area contributed by atoms with Crippen LogP contribution in [-0.2, 0) is 14.9 Å². The van der Waals surface area contributed by atoms with Gasteiger partial charge in [0.1, 0.15) is 6.10 Å². The van der Waals surface area contributed by atoms with E-state index in [0.717, 1.165) is 29.4 Å². The molecule has 33 heavy (non-hydrogen) atoms. The molecule has 1 aromatic heterocycles. The maximum atomic E-state index is 12.3. The molecule has 170 valence electrons. The number of carbonyl (C=O) groups is 2. The van der Waals surface area contributed by atoms with Crippen molar-refractivity contribution in [1.82, 2.24) is 10.3 Å². The summed E-state index contributed by atoms with van der Waals surface area (Å²) in [4.78, 5) is 32.5. The third-order valence-electron chi connectivity index (χ3n) is 7.13. The number of piperidine rings is 2. The van der Waals surface area contributed by atoms with Crippen molar-refractivity contribution < 1.29 is 14.3 Å². The highest BCUT2D eigenvalue weighted by atomic mass is 32.1. The van der Waals surface area contributed by atoms with E-state index in [-0.39, 0.29) is 23.5 Å². The molecule has 1 atom stereocenters. The number of hydrogen-bond donors (Lipinski definition) is 1. The van der Waals surface area contributed by atoms with Crippen molar-refractivity contribution >= 4 is 44.4 Å². The number of benzene rings is 2. The van der Waals surface area contributed by atoms with Crippen LogP contribution in [0.3, 0.4) is 0 Å². The van der Waals surface area contributed by atoms with Crippen LogP contribution in [0, 0.1) is 5.92 Å². The maximum absolute atomic E-state index is 12.3. The summed E-state index contributed by atoms with van der Waals surface area (Å²) in [7, 11) is 0. The lowest BCUT2D eigenvalue weighted by Crippen LogP contribution is -2.59. The number of carbonyl (C=O) groups excluding carboxylic acids is 2. The van der Waals surface area contributed by atoms with E-state index in [2.05, 4.69) is 40.5 Å². The molecule has 2 bridgehead atoms. The van der Waals surface area contributed by atoms with Gasteiger partial charge in [-0.15, -0.1) is 0 Å². The molecule has 3 aliphatic heterocycles. The van der Waals surface area contributed by atoms with Crippen molar-refractivity contribution in [2.45, 2.75) is 31.3 Å². The van der Waals surface area contributed by atoms with Crippen molar-refractivity contribution in [3.63, 3.8) is 0 Å². The predicted octanol–water partition coefficient (Wildman–Crippen LogP) is 3.93. The third kappa shape index (κ3) is 3.62. The Morgan fingerprint density at radius 2 is 1.97 bits per heavy atom. The number of amides is 2. The van der Waals surface area contributed by atoms with E-state index in [9.17, 15) is 9.59 Å². The van der Waals surface area contributed by atoms with Gasteiger partial charge in [0, 0.05) is 31.1 Å². The van der Waals surface area contributed by atoms with Crippen LogP contribution in [-0.4, -0.2) is 49.3 Å². The second-order valence-corrected chi connectivity index (χ2v) is 10.5. The van der Waals surface area contributed by atoms with Crippen molar-refractivity contribution in [3.8, 4) is 0 Å². The molecule has 2 aromatic carbocycles. The Bertz CT molecular complexity index is 1180. The van der Waals surface area contributed by atoms with E-state index < -0.39 is 0 Å². The minimum Gasteiger partial charge on any atom is -0.442 e. The summed E-state index contributed by atoms with van der Waals surface area (Å²) in [6, 6.07) is 16.7. The van der Waals surface area contributed by atoms with Crippen LogP contribution in [0.5, 0.6) is 0 Å². The van der Waals surface area contributed by atoms with Gasteiger partial charge < -0.3 is 15.0 Å². The standard InChI is InChI=1S/C25H26N4O3S/c1-16(30)26-12-20-14-29(24(31)32-20)19-8-6-18(7-9-19)25-10-17(11-25)13-28(15-25)23-27-21-4-2-3-5-22(21)33-23/h2-9,17,20H,10-15H2,1H3,(H,26,30). The Kier molecular flexibility index (Phi) is 4.79. The fourth-order valence-corrected chi connectivity index (χ4v) is 6.58. The van der Waals surface area contributed by atoms with Gasteiger partial charge in [-0.05, 0) is 48.6 Å². The largest absolute Gasteiger partial charge is 0.442 e. The lowest BCUT2D eigenvalue weighted by molar-refractivity contribution is -0.119. The Labute approximate surface area is 196 Å². The van der Waals surface area contributed by atoms with Gasteiger partial charge in [0.2, 0.25) is 5.91 Å². The number of ether oxygens (including phenoxy) is 1. The molecule has 7 rings (SSSR count). The molecule has 3 saturated heterocycles. The van der Waals surface area contributed by atoms with E-state index in [1.54, 1.807) is 16.2 Å². The average molecular weight is 463 g/mol. The summed E-state index contributed by atoms with van der Waals surface area (Å²) < 4.78 is 6.64. The van der Waals surface area contributed by atoms with Crippen LogP contribution in [0.4, 0.5) is 15.6 Å². The summed E-state index contributed by atoms with van der Waals surface area (Å²) in [5, 5.41) is 3.83. The molecule has 8 heteroatoms. The van der Waals surface area contributed by atoms with Crippen molar-refractivity contribution in [1.29, 1.82) is 0 Å². The van der Waals surface area contributed by atoms with Crippen molar-refractivity contribution in [3.05, 3.63) is 54.1 Å². The highest BCUT2D eigenvalue weighted by Crippen LogP contribution is 2.53. The summed E-state index contributed by atoms with van der Waals surface area (Å²) >= 11 is 1.78. The number of para-hydroxylation sites is 1. The van der Waals surface area contributed by atoms with E-state index in [1.165, 1.54) is 30.0 Å². The molecule has 3 aromatic rings. The number of aromatic nitrogens is 1. The molecule has 0 radical (unpaired) electrons. The third-order valence-corrected chi connectivity index (χ3v) is 8.23. The van der Waals surface area contributed by atoms with E-state index in [1.807, 2.05) is 18.2 Å². The fraction of sp³-hybridized carbons (Fsp3) is 0.400. The highest BCUT2D eigenvalue weighted by Gasteiger charge is 2.51. The Morgan fingerprint density at radius 3 is 2.73 bits per heavy atom. The van der Waals surface area contributed by atoms with E-state index in [4.69, 9.17) is 9.72 Å². The quantitative estimate of drug-likeness (QED) is 0.622. The minimum absolute atomic E-state index is 0.126. The van der Waals surface area contributed by atoms with Crippen LogP contribution in [0.2, 0.25) is 0 Å². The molecule has 1 N–H and O–H groups in total. The van der Waals surface area contributed by atoms with Gasteiger partial charge in [-0.3, -0.25) is 9.69 Å². The lowest BCUT2D eigenvalue weighted by atomic mass is 9.56. The van der Waals surface area contributed by atoms with Crippen LogP contribution >= 0.6 is 11.3 Å². The molecule has 1 unspecified atom stereocenters. The number of cyclic esters (lactones) is 1. The first-order chi connectivity index (χ1) is 16.0. The molecule has 1 saturated carbocycles. The number of hydrogen-bond acceptors (Lipinski definition) is 6. The second kappa shape index (κ2) is 7.73. The molecule has 7 nitrogen and oxygen atoms in total. The molecule has 4 fully saturated rings. The van der Waals surface area contributed by atoms with E-state index in [0.29, 0.717) is 19.0 Å². The second-order valence-electron chi connectivity index (χ2n) is 9.50. The number of anilines is 2. The van der Waals surface area contributed by atoms with Gasteiger partial charge in [0.25, 0.3) is 0 Å². The normalized spacial score (nSPS) is 26.3. The van der Waals surface area contributed by atoms with E-state index >= 15 is 0 Å². The number of rotatable bonds is 5. The number of thiazole rings is 1. The fourth-order valence-electron chi connectivity index (χ4n) is 5.60. The van der Waals surface area contributed by atoms with Gasteiger partial charge in [0.05, 0.1) is 23.3 Å². The Balaban J connectivity index is 1.17. The lowest BCUT2D eigenvalue weighted by Gasteiger charge is -2.57. The Hall–Kier alpha value is -3.13.